The maximum atomic E-state index is 10.8. The third-order valence-corrected chi connectivity index (χ3v) is 3.68. The molecule has 0 aliphatic carbocycles. The molecule has 19 heavy (non-hydrogen) atoms. The van der Waals surface area contributed by atoms with Crippen LogP contribution in [0.3, 0.4) is 0 Å². The van der Waals surface area contributed by atoms with Crippen LogP contribution in [-0.2, 0) is 11.3 Å². The van der Waals surface area contributed by atoms with E-state index in [0.717, 1.165) is 19.4 Å². The predicted molar refractivity (Wildman–Crippen MR) is 73.1 cm³/mol. The second-order valence-electron chi connectivity index (χ2n) is 4.49. The molecule has 1 saturated heterocycles. The molecule has 1 atom stereocenters. The zero-order valence-electron chi connectivity index (χ0n) is 10.3. The summed E-state index contributed by atoms with van der Waals surface area (Å²) in [5.41, 5.74) is 0.466. The molecule has 6 nitrogen and oxygen atoms in total. The van der Waals surface area contributed by atoms with Gasteiger partial charge in [0.05, 0.1) is 16.0 Å². The van der Waals surface area contributed by atoms with Crippen LogP contribution in [0.4, 0.5) is 5.69 Å². The van der Waals surface area contributed by atoms with E-state index in [-0.39, 0.29) is 17.5 Å². The summed E-state index contributed by atoms with van der Waals surface area (Å²) in [5.74, 6) is 0.0369. The third-order valence-electron chi connectivity index (χ3n) is 3.08. The number of hydrogen-bond donors (Lipinski definition) is 2. The van der Waals surface area contributed by atoms with Gasteiger partial charge in [0.2, 0.25) is 0 Å². The Morgan fingerprint density at radius 3 is 3.00 bits per heavy atom. The molecule has 1 aliphatic heterocycles. The van der Waals surface area contributed by atoms with Crippen LogP contribution in [0.15, 0.2) is 16.6 Å². The molecule has 1 aliphatic rings. The molecule has 0 radical (unpaired) electrons. The molecule has 1 aromatic carbocycles. The predicted octanol–water partition coefficient (Wildman–Crippen LogP) is 2.33. The number of nitro benzene ring substituents is 1. The van der Waals surface area contributed by atoms with Crippen molar-refractivity contribution >= 4 is 21.6 Å². The van der Waals surface area contributed by atoms with E-state index in [1.54, 1.807) is 0 Å². The first-order chi connectivity index (χ1) is 9.08. The molecule has 2 N–H and O–H groups in total. The molecule has 7 heteroatoms. The first-order valence-electron chi connectivity index (χ1n) is 6.05. The molecule has 0 amide bonds. The van der Waals surface area contributed by atoms with E-state index >= 15 is 0 Å². The second kappa shape index (κ2) is 6.31. The van der Waals surface area contributed by atoms with Crippen LogP contribution in [-0.4, -0.2) is 29.3 Å². The first kappa shape index (κ1) is 14.2. The van der Waals surface area contributed by atoms with Crippen molar-refractivity contribution in [1.82, 2.24) is 5.32 Å². The summed E-state index contributed by atoms with van der Waals surface area (Å²) in [6.45, 7) is 1.79. The Bertz CT molecular complexity index is 475. The highest BCUT2D eigenvalue weighted by Crippen LogP contribution is 2.32. The molecule has 0 aromatic heterocycles. The summed E-state index contributed by atoms with van der Waals surface area (Å²) in [7, 11) is 0. The van der Waals surface area contributed by atoms with Crippen molar-refractivity contribution in [3.05, 3.63) is 32.3 Å². The van der Waals surface area contributed by atoms with Gasteiger partial charge in [-0.1, -0.05) is 0 Å². The minimum Gasteiger partial charge on any atom is -0.506 e. The number of nitro groups is 1. The monoisotopic (exact) mass is 330 g/mol. The molecular formula is C12H15BrN2O4. The largest absolute Gasteiger partial charge is 0.506 e. The number of benzene rings is 1. The van der Waals surface area contributed by atoms with Crippen LogP contribution in [0.5, 0.6) is 5.75 Å². The van der Waals surface area contributed by atoms with Crippen LogP contribution in [0.2, 0.25) is 0 Å². The maximum Gasteiger partial charge on any atom is 0.271 e. The number of non-ortho nitro benzene ring substituents is 1. The maximum absolute atomic E-state index is 10.8. The Morgan fingerprint density at radius 2 is 2.37 bits per heavy atom. The van der Waals surface area contributed by atoms with Gasteiger partial charge in [-0.25, -0.2) is 0 Å². The Morgan fingerprint density at radius 1 is 1.58 bits per heavy atom. The Hall–Kier alpha value is -1.18. The molecule has 0 bridgehead atoms. The topological polar surface area (TPSA) is 84.6 Å². The summed E-state index contributed by atoms with van der Waals surface area (Å²) < 4.78 is 5.68. The first-order valence-corrected chi connectivity index (χ1v) is 6.84. The van der Waals surface area contributed by atoms with Crippen molar-refractivity contribution in [3.63, 3.8) is 0 Å². The molecule has 1 fully saturated rings. The van der Waals surface area contributed by atoms with E-state index in [2.05, 4.69) is 21.2 Å². The Kier molecular flexibility index (Phi) is 4.73. The molecule has 0 saturated carbocycles. The Labute approximate surface area is 119 Å². The van der Waals surface area contributed by atoms with Gasteiger partial charge in [0.1, 0.15) is 5.75 Å². The van der Waals surface area contributed by atoms with Crippen molar-refractivity contribution < 1.29 is 14.8 Å². The van der Waals surface area contributed by atoms with Crippen molar-refractivity contribution in [2.45, 2.75) is 25.4 Å². The smallest absolute Gasteiger partial charge is 0.271 e. The molecule has 1 unspecified atom stereocenters. The lowest BCUT2D eigenvalue weighted by Gasteiger charge is -2.23. The van der Waals surface area contributed by atoms with Gasteiger partial charge in [-0.05, 0) is 28.8 Å². The van der Waals surface area contributed by atoms with Gasteiger partial charge in [0, 0.05) is 36.9 Å². The zero-order chi connectivity index (χ0) is 13.8. The molecule has 1 aromatic rings. The van der Waals surface area contributed by atoms with Crippen LogP contribution in [0, 0.1) is 10.1 Å². The number of phenolic OH excluding ortho intramolecular Hbond substituents is 1. The van der Waals surface area contributed by atoms with Gasteiger partial charge in [-0.15, -0.1) is 0 Å². The lowest BCUT2D eigenvalue weighted by atomic mass is 10.1. The number of ether oxygens (including phenoxy) is 1. The second-order valence-corrected chi connectivity index (χ2v) is 5.34. The fourth-order valence-corrected chi connectivity index (χ4v) is 2.53. The van der Waals surface area contributed by atoms with Gasteiger partial charge < -0.3 is 15.2 Å². The summed E-state index contributed by atoms with van der Waals surface area (Å²) >= 11 is 3.12. The van der Waals surface area contributed by atoms with E-state index in [9.17, 15) is 15.2 Å². The number of halogens is 1. The number of nitrogens with one attached hydrogen (secondary N) is 1. The molecule has 104 valence electrons. The average Bonchev–Trinajstić information content (AvgIpc) is 2.41. The SMILES string of the molecule is O=[N+]([O-])c1cc(Br)c(O)c(CNC2CCCOC2)c1. The highest BCUT2D eigenvalue weighted by atomic mass is 79.9. The van der Waals surface area contributed by atoms with Crippen LogP contribution in [0.25, 0.3) is 0 Å². The van der Waals surface area contributed by atoms with Crippen molar-refractivity contribution in [2.75, 3.05) is 13.2 Å². The highest BCUT2D eigenvalue weighted by Gasteiger charge is 2.17. The Balaban J connectivity index is 2.08. The minimum atomic E-state index is -0.475. The van der Waals surface area contributed by atoms with E-state index in [1.807, 2.05) is 0 Å². The standard InChI is InChI=1S/C12H15BrN2O4/c13-11-5-10(15(17)18)4-8(12(11)16)6-14-9-2-1-3-19-7-9/h4-5,9,14,16H,1-3,6-7H2. The molecular weight excluding hydrogens is 316 g/mol. The highest BCUT2D eigenvalue weighted by molar-refractivity contribution is 9.10. The zero-order valence-corrected chi connectivity index (χ0v) is 11.9. The van der Waals surface area contributed by atoms with Crippen molar-refractivity contribution in [3.8, 4) is 5.75 Å². The average molecular weight is 331 g/mol. The van der Waals surface area contributed by atoms with Crippen LogP contribution >= 0.6 is 15.9 Å². The van der Waals surface area contributed by atoms with E-state index < -0.39 is 4.92 Å². The number of rotatable bonds is 4. The van der Waals surface area contributed by atoms with Gasteiger partial charge in [0.15, 0.2) is 0 Å². The van der Waals surface area contributed by atoms with Gasteiger partial charge >= 0.3 is 0 Å². The van der Waals surface area contributed by atoms with E-state index in [4.69, 9.17) is 4.74 Å². The third kappa shape index (κ3) is 3.65. The van der Waals surface area contributed by atoms with Gasteiger partial charge in [-0.2, -0.15) is 0 Å². The summed E-state index contributed by atoms with van der Waals surface area (Å²) in [4.78, 5) is 10.3. The van der Waals surface area contributed by atoms with E-state index in [0.29, 0.717) is 23.2 Å². The normalized spacial score (nSPS) is 19.3. The van der Waals surface area contributed by atoms with Crippen LogP contribution in [0.1, 0.15) is 18.4 Å². The molecule has 2 rings (SSSR count). The van der Waals surface area contributed by atoms with Gasteiger partial charge in [0.25, 0.3) is 5.69 Å². The number of aromatic hydroxyl groups is 1. The summed E-state index contributed by atoms with van der Waals surface area (Å²) in [6.07, 6.45) is 2.01. The number of nitrogens with zero attached hydrogens (tertiary/aromatic N) is 1. The number of phenols is 1. The van der Waals surface area contributed by atoms with Crippen LogP contribution < -0.4 is 5.32 Å². The molecule has 1 heterocycles. The minimum absolute atomic E-state index is 0.0369. The lowest BCUT2D eigenvalue weighted by Crippen LogP contribution is -2.36. The van der Waals surface area contributed by atoms with Gasteiger partial charge in [-0.3, -0.25) is 10.1 Å². The summed E-state index contributed by atoms with van der Waals surface area (Å²) in [5, 5.41) is 23.9. The lowest BCUT2D eigenvalue weighted by molar-refractivity contribution is -0.385. The molecule has 0 spiro atoms. The number of hydrogen-bond acceptors (Lipinski definition) is 5. The van der Waals surface area contributed by atoms with Crippen molar-refractivity contribution in [2.24, 2.45) is 0 Å². The van der Waals surface area contributed by atoms with Crippen molar-refractivity contribution in [1.29, 1.82) is 0 Å². The fourth-order valence-electron chi connectivity index (χ4n) is 2.04. The fraction of sp³-hybridized carbons (Fsp3) is 0.500. The summed E-state index contributed by atoms with van der Waals surface area (Å²) in [6, 6.07) is 2.91. The van der Waals surface area contributed by atoms with E-state index in [1.165, 1.54) is 12.1 Å². The quantitative estimate of drug-likeness (QED) is 0.653.